The van der Waals surface area contributed by atoms with Crippen LogP contribution in [0.1, 0.15) is 34.7 Å². The van der Waals surface area contributed by atoms with Crippen molar-refractivity contribution in [3.63, 3.8) is 0 Å². The highest BCUT2D eigenvalue weighted by molar-refractivity contribution is 5.94. The molecule has 1 saturated heterocycles. The minimum atomic E-state index is -0.390. The molecule has 1 fully saturated rings. The predicted molar refractivity (Wildman–Crippen MR) is 110 cm³/mol. The summed E-state index contributed by atoms with van der Waals surface area (Å²) in [5.74, 6) is -0.433. The number of fused-ring (bicyclic) bond motifs is 1. The Balaban J connectivity index is 1.29. The van der Waals surface area contributed by atoms with Crippen molar-refractivity contribution in [2.45, 2.75) is 18.8 Å². The van der Waals surface area contributed by atoms with Crippen LogP contribution in [0.25, 0.3) is 16.6 Å². The van der Waals surface area contributed by atoms with Crippen molar-refractivity contribution >= 4 is 16.8 Å². The van der Waals surface area contributed by atoms with Gasteiger partial charge < -0.3 is 9.88 Å². The van der Waals surface area contributed by atoms with Crippen molar-refractivity contribution in [1.29, 1.82) is 0 Å². The van der Waals surface area contributed by atoms with Crippen molar-refractivity contribution < 1.29 is 13.6 Å². The summed E-state index contributed by atoms with van der Waals surface area (Å²) in [5.41, 5.74) is 2.72. The highest BCUT2D eigenvalue weighted by Crippen LogP contribution is 2.33. The van der Waals surface area contributed by atoms with Gasteiger partial charge in [0.2, 0.25) is 0 Å². The van der Waals surface area contributed by atoms with Crippen molar-refractivity contribution in [2.75, 3.05) is 13.1 Å². The van der Waals surface area contributed by atoms with E-state index in [1.165, 1.54) is 34.6 Å². The average Bonchev–Trinajstić information content (AvgIpc) is 3.41. The van der Waals surface area contributed by atoms with E-state index < -0.39 is 0 Å². The van der Waals surface area contributed by atoms with Gasteiger partial charge in [0.15, 0.2) is 0 Å². The Hall–Kier alpha value is -3.48. The summed E-state index contributed by atoms with van der Waals surface area (Å²) in [5, 5.41) is 5.19. The van der Waals surface area contributed by atoms with Gasteiger partial charge in [0.1, 0.15) is 17.3 Å². The Kier molecular flexibility index (Phi) is 4.58. The third-order valence-electron chi connectivity index (χ3n) is 5.83. The molecule has 1 aliphatic rings. The topological polar surface area (TPSA) is 53.9 Å². The molecule has 1 N–H and O–H groups in total. The lowest BCUT2D eigenvalue weighted by Gasteiger charge is -2.31. The number of amides is 1. The molecule has 0 atom stereocenters. The fraction of sp³-hybridized carbons (Fsp3) is 0.217. The molecule has 7 heteroatoms. The molecule has 5 nitrogen and oxygen atoms in total. The molecule has 2 aromatic heterocycles. The number of piperidine rings is 1. The van der Waals surface area contributed by atoms with E-state index in [-0.39, 0.29) is 17.5 Å². The SMILES string of the molecule is O=C(c1cnn(-c2ccccc2F)c1)N1CCC(c2c[nH]c3cc(F)ccc23)CC1. The van der Waals surface area contributed by atoms with Crippen LogP contribution >= 0.6 is 0 Å². The Bertz CT molecular complexity index is 1220. The second-order valence-corrected chi connectivity index (χ2v) is 7.63. The summed E-state index contributed by atoms with van der Waals surface area (Å²) in [6, 6.07) is 11.1. The third kappa shape index (κ3) is 3.26. The van der Waals surface area contributed by atoms with E-state index in [1.807, 2.05) is 17.2 Å². The van der Waals surface area contributed by atoms with Crippen LogP contribution in [0.3, 0.4) is 0 Å². The van der Waals surface area contributed by atoms with Crippen molar-refractivity contribution in [1.82, 2.24) is 19.7 Å². The number of benzene rings is 2. The summed E-state index contributed by atoms with van der Waals surface area (Å²) in [6.07, 6.45) is 6.66. The Morgan fingerprint density at radius 2 is 1.90 bits per heavy atom. The van der Waals surface area contributed by atoms with Gasteiger partial charge in [0.05, 0.1) is 11.8 Å². The molecular weight excluding hydrogens is 386 g/mol. The number of aromatic nitrogens is 3. The van der Waals surface area contributed by atoms with Gasteiger partial charge in [-0.1, -0.05) is 12.1 Å². The molecular formula is C23H20F2N4O. The molecule has 1 amide bonds. The zero-order chi connectivity index (χ0) is 20.7. The molecule has 1 aliphatic heterocycles. The average molecular weight is 406 g/mol. The molecule has 2 aromatic carbocycles. The highest BCUT2D eigenvalue weighted by atomic mass is 19.1. The number of para-hydroxylation sites is 1. The van der Waals surface area contributed by atoms with E-state index in [0.717, 1.165) is 23.7 Å². The number of H-pyrrole nitrogens is 1. The van der Waals surface area contributed by atoms with Crippen LogP contribution < -0.4 is 0 Å². The zero-order valence-corrected chi connectivity index (χ0v) is 16.2. The zero-order valence-electron chi connectivity index (χ0n) is 16.2. The summed E-state index contributed by atoms with van der Waals surface area (Å²) >= 11 is 0. The molecule has 0 radical (unpaired) electrons. The van der Waals surface area contributed by atoms with Gasteiger partial charge in [-0.2, -0.15) is 5.10 Å². The number of aromatic amines is 1. The van der Waals surface area contributed by atoms with Crippen molar-refractivity contribution in [3.05, 3.63) is 83.8 Å². The van der Waals surface area contributed by atoms with E-state index in [0.29, 0.717) is 30.3 Å². The molecule has 4 aromatic rings. The number of halogens is 2. The van der Waals surface area contributed by atoms with Gasteiger partial charge in [0, 0.05) is 36.4 Å². The number of nitrogens with zero attached hydrogens (tertiary/aromatic N) is 3. The maximum absolute atomic E-state index is 14.0. The molecule has 0 spiro atoms. The van der Waals surface area contributed by atoms with Gasteiger partial charge in [-0.3, -0.25) is 4.79 Å². The van der Waals surface area contributed by atoms with E-state index >= 15 is 0 Å². The van der Waals surface area contributed by atoms with E-state index in [1.54, 1.807) is 24.4 Å². The van der Waals surface area contributed by atoms with E-state index in [9.17, 15) is 13.6 Å². The van der Waals surface area contributed by atoms with Crippen LogP contribution in [0.4, 0.5) is 8.78 Å². The lowest BCUT2D eigenvalue weighted by atomic mass is 9.89. The maximum atomic E-state index is 14.0. The van der Waals surface area contributed by atoms with E-state index in [2.05, 4.69) is 10.1 Å². The highest BCUT2D eigenvalue weighted by Gasteiger charge is 2.27. The van der Waals surface area contributed by atoms with Crippen LogP contribution in [0, 0.1) is 11.6 Å². The monoisotopic (exact) mass is 406 g/mol. The standard InChI is InChI=1S/C23H20F2N4O/c24-17-5-6-18-19(13-26-21(18)11-17)15-7-9-28(10-8-15)23(30)16-12-27-29(14-16)22-4-2-1-3-20(22)25/h1-6,11-15,26H,7-10H2. The van der Waals surface area contributed by atoms with Gasteiger partial charge >= 0.3 is 0 Å². The quantitative estimate of drug-likeness (QED) is 0.538. The van der Waals surface area contributed by atoms with Crippen LogP contribution in [0.2, 0.25) is 0 Å². The van der Waals surface area contributed by atoms with Crippen LogP contribution in [-0.2, 0) is 0 Å². The molecule has 0 saturated carbocycles. The third-order valence-corrected chi connectivity index (χ3v) is 5.83. The number of rotatable bonds is 3. The largest absolute Gasteiger partial charge is 0.361 e. The normalized spacial score (nSPS) is 15.1. The molecule has 0 unspecified atom stereocenters. The first-order chi connectivity index (χ1) is 14.6. The summed E-state index contributed by atoms with van der Waals surface area (Å²) < 4.78 is 28.8. The van der Waals surface area contributed by atoms with Gasteiger partial charge in [0.25, 0.3) is 5.91 Å². The molecule has 3 heterocycles. The second-order valence-electron chi connectivity index (χ2n) is 7.63. The number of carbonyl (C=O) groups excluding carboxylic acids is 1. The Labute approximate surface area is 171 Å². The lowest BCUT2D eigenvalue weighted by molar-refractivity contribution is 0.0713. The first kappa shape index (κ1) is 18.5. The lowest BCUT2D eigenvalue weighted by Crippen LogP contribution is -2.37. The van der Waals surface area contributed by atoms with E-state index in [4.69, 9.17) is 0 Å². The summed E-state index contributed by atoms with van der Waals surface area (Å²) in [6.45, 7) is 1.25. The van der Waals surface area contributed by atoms with Crippen LogP contribution in [0.5, 0.6) is 0 Å². The first-order valence-electron chi connectivity index (χ1n) is 9.95. The number of hydrogen-bond donors (Lipinski definition) is 1. The summed E-state index contributed by atoms with van der Waals surface area (Å²) in [4.78, 5) is 17.9. The number of carbonyl (C=O) groups is 1. The molecule has 0 aliphatic carbocycles. The minimum absolute atomic E-state index is 0.1000. The van der Waals surface area contributed by atoms with Crippen molar-refractivity contribution in [3.8, 4) is 5.69 Å². The molecule has 30 heavy (non-hydrogen) atoms. The van der Waals surface area contributed by atoms with Gasteiger partial charge in [-0.15, -0.1) is 0 Å². The molecule has 0 bridgehead atoms. The minimum Gasteiger partial charge on any atom is -0.361 e. The second kappa shape index (κ2) is 7.40. The fourth-order valence-electron chi connectivity index (χ4n) is 4.24. The van der Waals surface area contributed by atoms with Crippen LogP contribution in [0.15, 0.2) is 61.1 Å². The molecule has 152 valence electrons. The molecule has 5 rings (SSSR count). The van der Waals surface area contributed by atoms with Gasteiger partial charge in [-0.05, 0) is 54.7 Å². The Morgan fingerprint density at radius 1 is 1.10 bits per heavy atom. The number of nitrogens with one attached hydrogen (secondary N) is 1. The van der Waals surface area contributed by atoms with Crippen molar-refractivity contribution in [2.24, 2.45) is 0 Å². The first-order valence-corrected chi connectivity index (χ1v) is 9.95. The predicted octanol–water partition coefficient (Wildman–Crippen LogP) is 4.65. The smallest absolute Gasteiger partial charge is 0.257 e. The van der Waals surface area contributed by atoms with Crippen LogP contribution in [-0.4, -0.2) is 38.7 Å². The maximum Gasteiger partial charge on any atom is 0.257 e. The number of hydrogen-bond acceptors (Lipinski definition) is 2. The fourth-order valence-corrected chi connectivity index (χ4v) is 4.24. The summed E-state index contributed by atoms with van der Waals surface area (Å²) in [7, 11) is 0. The van der Waals surface area contributed by atoms with Gasteiger partial charge in [-0.25, -0.2) is 13.5 Å². The Morgan fingerprint density at radius 3 is 2.70 bits per heavy atom. The number of likely N-dealkylation sites (tertiary alicyclic amines) is 1.